The molecule has 0 spiro atoms. The molecule has 1 atom stereocenters. The van der Waals surface area contributed by atoms with Gasteiger partial charge in [0.05, 0.1) is 5.52 Å². The zero-order valence-corrected chi connectivity index (χ0v) is 12.5. The molecule has 2 rings (SSSR count). The number of hydrogen-bond acceptors (Lipinski definition) is 6. The van der Waals surface area contributed by atoms with E-state index in [1.807, 2.05) is 30.3 Å². The van der Waals surface area contributed by atoms with Crippen LogP contribution >= 0.6 is 37.9 Å². The van der Waals surface area contributed by atoms with E-state index in [0.29, 0.717) is 6.29 Å². The summed E-state index contributed by atoms with van der Waals surface area (Å²) in [5.41, 5.74) is 1.67. The molecule has 1 aromatic heterocycles. The molecule has 1 aromatic carbocycles. The Hall–Kier alpha value is -0.980. The van der Waals surface area contributed by atoms with E-state index in [9.17, 15) is 4.79 Å². The molecule has 6 heteroatoms. The van der Waals surface area contributed by atoms with Crippen LogP contribution in [0.3, 0.4) is 0 Å². The van der Waals surface area contributed by atoms with Crippen molar-refractivity contribution in [2.24, 2.45) is 4.99 Å². The zero-order valence-electron chi connectivity index (χ0n) is 9.84. The highest BCUT2D eigenvalue weighted by molar-refractivity contribution is 8.17. The van der Waals surface area contributed by atoms with Gasteiger partial charge in [0, 0.05) is 23.4 Å². The van der Waals surface area contributed by atoms with E-state index in [2.05, 4.69) is 47.9 Å². The molecule has 3 nitrogen and oxygen atoms in total. The molecule has 2 aromatic rings. The quantitative estimate of drug-likeness (QED) is 0.352. The molecular formula is C13H12N2OS3. The number of rotatable bonds is 4. The van der Waals surface area contributed by atoms with Gasteiger partial charge >= 0.3 is 0 Å². The van der Waals surface area contributed by atoms with Crippen LogP contribution in [0.25, 0.3) is 10.9 Å². The first-order chi connectivity index (χ1) is 9.02. The van der Waals surface area contributed by atoms with Gasteiger partial charge in [0.1, 0.15) is 15.7 Å². The number of pyridine rings is 1. The highest BCUT2D eigenvalue weighted by Gasteiger charge is 2.26. The van der Waals surface area contributed by atoms with Crippen molar-refractivity contribution in [3.8, 4) is 0 Å². The lowest BCUT2D eigenvalue weighted by atomic mass is 10.1. The van der Waals surface area contributed by atoms with E-state index in [1.54, 1.807) is 12.4 Å². The van der Waals surface area contributed by atoms with Gasteiger partial charge in [0.2, 0.25) is 0 Å². The number of para-hydroxylation sites is 1. The Bertz CT molecular complexity index is 617. The third kappa shape index (κ3) is 3.52. The number of aldehydes is 1. The van der Waals surface area contributed by atoms with Crippen LogP contribution in [-0.2, 0) is 4.79 Å². The maximum absolute atomic E-state index is 11.0. The van der Waals surface area contributed by atoms with Crippen LogP contribution in [0.1, 0.15) is 5.56 Å². The minimum atomic E-state index is -1.09. The van der Waals surface area contributed by atoms with Crippen molar-refractivity contribution >= 4 is 61.3 Å². The van der Waals surface area contributed by atoms with Gasteiger partial charge in [-0.1, -0.05) is 24.3 Å². The number of fused-ring (bicyclic) bond motifs is 1. The SMILES string of the molecule is O=CC(N=Cc1cccc2cccnc12)C(S)(S)S. The number of carbonyl (C=O) groups is 1. The van der Waals surface area contributed by atoms with Gasteiger partial charge in [-0.2, -0.15) is 0 Å². The largest absolute Gasteiger partial charge is 0.301 e. The van der Waals surface area contributed by atoms with Crippen molar-refractivity contribution in [2.75, 3.05) is 0 Å². The zero-order chi connectivity index (χ0) is 13.9. The normalized spacial score (nSPS) is 13.8. The number of carbonyl (C=O) groups excluding carboxylic acids is 1. The third-order valence-corrected chi connectivity index (χ3v) is 3.36. The van der Waals surface area contributed by atoms with E-state index < -0.39 is 9.45 Å². The fraction of sp³-hybridized carbons (Fsp3) is 0.154. The summed E-state index contributed by atoms with van der Waals surface area (Å²) in [6.45, 7) is 0. The molecule has 0 aliphatic rings. The Morgan fingerprint density at radius 1 is 1.21 bits per heavy atom. The molecule has 0 saturated carbocycles. The lowest BCUT2D eigenvalue weighted by Crippen LogP contribution is -2.25. The third-order valence-electron chi connectivity index (χ3n) is 2.56. The molecule has 0 fully saturated rings. The highest BCUT2D eigenvalue weighted by Crippen LogP contribution is 2.29. The predicted molar refractivity (Wildman–Crippen MR) is 88.9 cm³/mol. The average molecular weight is 308 g/mol. The van der Waals surface area contributed by atoms with Crippen LogP contribution in [0, 0.1) is 0 Å². The predicted octanol–water partition coefficient (Wildman–Crippen LogP) is 2.66. The molecule has 1 heterocycles. The lowest BCUT2D eigenvalue weighted by molar-refractivity contribution is -0.108. The standard InChI is InChI=1S/C13H12N2OS3/c16-8-11(13(17,18)19)15-7-10-4-1-3-9-5-2-6-14-12(9)10/h1-8,11,17-19H. The molecule has 1 unspecified atom stereocenters. The smallest absolute Gasteiger partial charge is 0.147 e. The highest BCUT2D eigenvalue weighted by atomic mass is 32.2. The topological polar surface area (TPSA) is 42.3 Å². The van der Waals surface area contributed by atoms with E-state index in [-0.39, 0.29) is 0 Å². The van der Waals surface area contributed by atoms with Gasteiger partial charge in [0.15, 0.2) is 0 Å². The molecule has 0 aliphatic heterocycles. The number of benzene rings is 1. The Kier molecular flexibility index (Phi) is 4.54. The fourth-order valence-electron chi connectivity index (χ4n) is 1.62. The van der Waals surface area contributed by atoms with Crippen LogP contribution in [0.4, 0.5) is 0 Å². The maximum atomic E-state index is 11.0. The molecule has 0 N–H and O–H groups in total. The van der Waals surface area contributed by atoms with Crippen molar-refractivity contribution in [1.82, 2.24) is 4.98 Å². The van der Waals surface area contributed by atoms with Gasteiger partial charge in [-0.25, -0.2) is 0 Å². The number of aromatic nitrogens is 1. The summed E-state index contributed by atoms with van der Waals surface area (Å²) in [7, 11) is 0. The van der Waals surface area contributed by atoms with Crippen LogP contribution in [-0.4, -0.2) is 26.9 Å². The van der Waals surface area contributed by atoms with Gasteiger partial charge in [-0.05, 0) is 6.07 Å². The van der Waals surface area contributed by atoms with Crippen molar-refractivity contribution in [3.05, 3.63) is 42.1 Å². The number of nitrogens with zero attached hydrogens (tertiary/aromatic N) is 2. The van der Waals surface area contributed by atoms with E-state index in [1.165, 1.54) is 0 Å². The van der Waals surface area contributed by atoms with E-state index in [4.69, 9.17) is 0 Å². The van der Waals surface area contributed by atoms with Gasteiger partial charge in [0.25, 0.3) is 0 Å². The summed E-state index contributed by atoms with van der Waals surface area (Å²) in [6.07, 6.45) is 3.99. The molecule has 0 bridgehead atoms. The van der Waals surface area contributed by atoms with Crippen molar-refractivity contribution < 1.29 is 4.79 Å². The average Bonchev–Trinajstić information content (AvgIpc) is 2.38. The van der Waals surface area contributed by atoms with Gasteiger partial charge in [-0.3, -0.25) is 9.98 Å². The first kappa shape index (κ1) is 14.4. The first-order valence-corrected chi connectivity index (χ1v) is 6.86. The van der Waals surface area contributed by atoms with Crippen LogP contribution in [0.15, 0.2) is 41.5 Å². The number of thiol groups is 3. The van der Waals surface area contributed by atoms with Gasteiger partial charge in [-0.15, -0.1) is 37.9 Å². The summed E-state index contributed by atoms with van der Waals surface area (Å²) >= 11 is 12.4. The first-order valence-electron chi connectivity index (χ1n) is 5.51. The second-order valence-electron chi connectivity index (χ2n) is 3.97. The Morgan fingerprint density at radius 3 is 2.63 bits per heavy atom. The molecule has 0 amide bonds. The molecule has 0 saturated heterocycles. The fourth-order valence-corrected chi connectivity index (χ4v) is 2.00. The Labute approximate surface area is 127 Å². The summed E-state index contributed by atoms with van der Waals surface area (Å²) in [5, 5.41) is 1.02. The molecule has 98 valence electrons. The van der Waals surface area contributed by atoms with E-state index in [0.717, 1.165) is 16.5 Å². The van der Waals surface area contributed by atoms with Gasteiger partial charge < -0.3 is 4.79 Å². The minimum absolute atomic E-state index is 0.669. The second-order valence-corrected chi connectivity index (χ2v) is 7.14. The number of aliphatic imine (C=N–C) groups is 1. The number of hydrogen-bond donors (Lipinski definition) is 3. The monoisotopic (exact) mass is 308 g/mol. The van der Waals surface area contributed by atoms with Crippen molar-refractivity contribution in [2.45, 2.75) is 9.45 Å². The van der Waals surface area contributed by atoms with E-state index >= 15 is 0 Å². The second kappa shape index (κ2) is 5.98. The molecule has 19 heavy (non-hydrogen) atoms. The minimum Gasteiger partial charge on any atom is -0.301 e. The summed E-state index contributed by atoms with van der Waals surface area (Å²) in [5.74, 6) is 0. The van der Waals surface area contributed by atoms with Crippen LogP contribution < -0.4 is 0 Å². The van der Waals surface area contributed by atoms with Crippen molar-refractivity contribution in [3.63, 3.8) is 0 Å². The van der Waals surface area contributed by atoms with Crippen LogP contribution in [0.2, 0.25) is 0 Å². The summed E-state index contributed by atoms with van der Waals surface area (Å²) < 4.78 is -1.09. The summed E-state index contributed by atoms with van der Waals surface area (Å²) in [6, 6.07) is 8.86. The lowest BCUT2D eigenvalue weighted by Gasteiger charge is -2.18. The Balaban J connectivity index is 2.38. The molecule has 0 aliphatic carbocycles. The van der Waals surface area contributed by atoms with Crippen LogP contribution in [0.5, 0.6) is 0 Å². The summed E-state index contributed by atoms with van der Waals surface area (Å²) in [4.78, 5) is 19.4. The Morgan fingerprint density at radius 2 is 1.95 bits per heavy atom. The molecular weight excluding hydrogens is 296 g/mol. The maximum Gasteiger partial charge on any atom is 0.147 e. The van der Waals surface area contributed by atoms with Crippen molar-refractivity contribution in [1.29, 1.82) is 0 Å². The molecule has 0 radical (unpaired) electrons.